The number of carbonyl (C=O) groups is 1. The van der Waals surface area contributed by atoms with Crippen molar-refractivity contribution < 1.29 is 9.53 Å². The van der Waals surface area contributed by atoms with Gasteiger partial charge in [0.25, 0.3) is 0 Å². The van der Waals surface area contributed by atoms with Crippen LogP contribution in [0.2, 0.25) is 0 Å². The molecule has 0 saturated heterocycles. The average Bonchev–Trinajstić information content (AvgIpc) is 2.20. The van der Waals surface area contributed by atoms with Gasteiger partial charge in [-0.1, -0.05) is 36.4 Å². The number of hydrogen-bond acceptors (Lipinski definition) is 2. The maximum atomic E-state index is 10.6. The summed E-state index contributed by atoms with van der Waals surface area (Å²) in [7, 11) is 0. The molecule has 0 spiro atoms. The fourth-order valence-corrected chi connectivity index (χ4v) is 1.21. The minimum Gasteiger partial charge on any atom is -0.465 e. The number of benzene rings is 1. The topological polar surface area (TPSA) is 26.3 Å². The van der Waals surface area contributed by atoms with Crippen molar-refractivity contribution in [2.24, 2.45) is 0 Å². The van der Waals surface area contributed by atoms with E-state index in [4.69, 9.17) is 4.74 Å². The molecule has 0 amide bonds. The van der Waals surface area contributed by atoms with Crippen LogP contribution in [-0.4, -0.2) is 12.6 Å². The molecule has 0 saturated carbocycles. The highest BCUT2D eigenvalue weighted by molar-refractivity contribution is 5.66. The highest BCUT2D eigenvalue weighted by atomic mass is 16.5. The van der Waals surface area contributed by atoms with E-state index in [9.17, 15) is 4.79 Å². The summed E-state index contributed by atoms with van der Waals surface area (Å²) < 4.78 is 4.94. The maximum absolute atomic E-state index is 10.6. The third kappa shape index (κ3) is 3.05. The van der Waals surface area contributed by atoms with Gasteiger partial charge in [-0.2, -0.15) is 0 Å². The molecule has 1 atom stereocenters. The van der Waals surface area contributed by atoms with Crippen molar-refractivity contribution >= 4 is 5.97 Å². The molecule has 0 heterocycles. The van der Waals surface area contributed by atoms with Gasteiger partial charge in [0, 0.05) is 12.8 Å². The normalized spacial score (nSPS) is 11.8. The van der Waals surface area contributed by atoms with Gasteiger partial charge in [0.05, 0.1) is 0 Å². The molecule has 2 heteroatoms. The molecular weight excluding hydrogens is 176 g/mol. The Morgan fingerprint density at radius 1 is 1.50 bits per heavy atom. The van der Waals surface area contributed by atoms with Crippen LogP contribution in [0.15, 0.2) is 43.0 Å². The second kappa shape index (κ2) is 5.22. The zero-order valence-corrected chi connectivity index (χ0v) is 8.27. The lowest BCUT2D eigenvalue weighted by atomic mass is 10.0. The molecule has 1 aromatic rings. The standard InChI is InChI=1S/C12H14O2/c1-3-11(9-14-10(2)13)12-7-5-4-6-8-12/h3-8,11H,1,9H2,2H3. The van der Waals surface area contributed by atoms with E-state index in [0.717, 1.165) is 5.56 Å². The van der Waals surface area contributed by atoms with Gasteiger partial charge in [0.15, 0.2) is 0 Å². The van der Waals surface area contributed by atoms with Gasteiger partial charge in [-0.15, -0.1) is 6.58 Å². The maximum Gasteiger partial charge on any atom is 0.302 e. The summed E-state index contributed by atoms with van der Waals surface area (Å²) in [5.74, 6) is -0.173. The lowest BCUT2D eigenvalue weighted by Gasteiger charge is -2.12. The first-order chi connectivity index (χ1) is 6.74. The molecule has 0 radical (unpaired) electrons. The molecule has 14 heavy (non-hydrogen) atoms. The summed E-state index contributed by atoms with van der Waals surface area (Å²) in [6.07, 6.45) is 1.79. The van der Waals surface area contributed by atoms with Crippen LogP contribution in [0, 0.1) is 0 Å². The average molecular weight is 190 g/mol. The molecule has 1 aromatic carbocycles. The summed E-state index contributed by atoms with van der Waals surface area (Å²) in [6, 6.07) is 9.86. The number of ether oxygens (including phenoxy) is 1. The number of carbonyl (C=O) groups excluding carboxylic acids is 1. The number of hydrogen-bond donors (Lipinski definition) is 0. The SMILES string of the molecule is C=CC(COC(C)=O)c1ccccc1. The summed E-state index contributed by atoms with van der Waals surface area (Å²) in [6.45, 7) is 5.50. The van der Waals surface area contributed by atoms with E-state index in [-0.39, 0.29) is 11.9 Å². The number of esters is 1. The van der Waals surface area contributed by atoms with E-state index in [1.165, 1.54) is 6.92 Å². The van der Waals surface area contributed by atoms with E-state index in [0.29, 0.717) is 6.61 Å². The Morgan fingerprint density at radius 3 is 2.64 bits per heavy atom. The van der Waals surface area contributed by atoms with Crippen LogP contribution in [0.3, 0.4) is 0 Å². The first kappa shape index (κ1) is 10.5. The van der Waals surface area contributed by atoms with Gasteiger partial charge in [0.1, 0.15) is 6.61 Å². The van der Waals surface area contributed by atoms with Gasteiger partial charge in [-0.05, 0) is 5.56 Å². The van der Waals surface area contributed by atoms with Crippen LogP contribution in [0.5, 0.6) is 0 Å². The third-order valence-electron chi connectivity index (χ3n) is 1.98. The van der Waals surface area contributed by atoms with Gasteiger partial charge in [-0.25, -0.2) is 0 Å². The molecule has 1 rings (SSSR count). The minimum atomic E-state index is -0.257. The Labute approximate surface area is 84.2 Å². The monoisotopic (exact) mass is 190 g/mol. The predicted molar refractivity (Wildman–Crippen MR) is 56.0 cm³/mol. The molecule has 0 aliphatic heterocycles. The minimum absolute atomic E-state index is 0.0834. The van der Waals surface area contributed by atoms with Crippen molar-refractivity contribution in [3.05, 3.63) is 48.6 Å². The summed E-state index contributed by atoms with van der Waals surface area (Å²) in [5, 5.41) is 0. The fraction of sp³-hybridized carbons (Fsp3) is 0.250. The van der Waals surface area contributed by atoms with E-state index in [1.54, 1.807) is 6.08 Å². The fourth-order valence-electron chi connectivity index (χ4n) is 1.21. The van der Waals surface area contributed by atoms with Crippen molar-refractivity contribution in [2.45, 2.75) is 12.8 Å². The van der Waals surface area contributed by atoms with Crippen LogP contribution in [0.1, 0.15) is 18.4 Å². The predicted octanol–water partition coefficient (Wildman–Crippen LogP) is 2.52. The summed E-state index contributed by atoms with van der Waals surface area (Å²) in [4.78, 5) is 10.6. The zero-order chi connectivity index (χ0) is 10.4. The second-order valence-corrected chi connectivity index (χ2v) is 3.06. The molecule has 74 valence electrons. The van der Waals surface area contributed by atoms with Gasteiger partial charge in [0.2, 0.25) is 0 Å². The quantitative estimate of drug-likeness (QED) is 0.538. The molecule has 2 nitrogen and oxygen atoms in total. The van der Waals surface area contributed by atoms with Crippen LogP contribution >= 0.6 is 0 Å². The van der Waals surface area contributed by atoms with Crippen LogP contribution < -0.4 is 0 Å². The highest BCUT2D eigenvalue weighted by Crippen LogP contribution is 2.16. The molecule has 1 unspecified atom stereocenters. The van der Waals surface area contributed by atoms with Crippen molar-refractivity contribution in [3.63, 3.8) is 0 Å². The van der Waals surface area contributed by atoms with E-state index >= 15 is 0 Å². The molecule has 0 aromatic heterocycles. The second-order valence-electron chi connectivity index (χ2n) is 3.06. The van der Waals surface area contributed by atoms with Crippen molar-refractivity contribution in [2.75, 3.05) is 6.61 Å². The molecule has 0 bridgehead atoms. The molecule has 0 fully saturated rings. The van der Waals surface area contributed by atoms with Gasteiger partial charge < -0.3 is 4.74 Å². The summed E-state index contributed by atoms with van der Waals surface area (Å²) in [5.41, 5.74) is 1.11. The number of rotatable bonds is 4. The van der Waals surface area contributed by atoms with E-state index in [2.05, 4.69) is 6.58 Å². The van der Waals surface area contributed by atoms with Crippen molar-refractivity contribution in [1.82, 2.24) is 0 Å². The van der Waals surface area contributed by atoms with Crippen LogP contribution in [0.25, 0.3) is 0 Å². The lowest BCUT2D eigenvalue weighted by Crippen LogP contribution is -2.08. The first-order valence-electron chi connectivity index (χ1n) is 4.55. The van der Waals surface area contributed by atoms with Crippen molar-refractivity contribution in [1.29, 1.82) is 0 Å². The van der Waals surface area contributed by atoms with E-state index in [1.807, 2.05) is 30.3 Å². The molecule has 0 N–H and O–H groups in total. The Bertz CT molecular complexity index is 303. The third-order valence-corrected chi connectivity index (χ3v) is 1.98. The van der Waals surface area contributed by atoms with Crippen LogP contribution in [0.4, 0.5) is 0 Å². The Kier molecular flexibility index (Phi) is 3.92. The Morgan fingerprint density at radius 2 is 2.14 bits per heavy atom. The van der Waals surface area contributed by atoms with Crippen molar-refractivity contribution in [3.8, 4) is 0 Å². The summed E-state index contributed by atoms with van der Waals surface area (Å²) >= 11 is 0. The smallest absolute Gasteiger partial charge is 0.302 e. The molecule has 0 aliphatic rings. The zero-order valence-electron chi connectivity index (χ0n) is 8.27. The van der Waals surface area contributed by atoms with Crippen LogP contribution in [-0.2, 0) is 9.53 Å². The highest BCUT2D eigenvalue weighted by Gasteiger charge is 2.07. The van der Waals surface area contributed by atoms with Gasteiger partial charge >= 0.3 is 5.97 Å². The first-order valence-corrected chi connectivity index (χ1v) is 4.55. The molecular formula is C12H14O2. The Balaban J connectivity index is 2.63. The van der Waals surface area contributed by atoms with Gasteiger partial charge in [-0.3, -0.25) is 4.79 Å². The largest absolute Gasteiger partial charge is 0.465 e. The molecule has 0 aliphatic carbocycles. The Hall–Kier alpha value is -1.57. The lowest BCUT2D eigenvalue weighted by molar-refractivity contribution is -0.141. The van der Waals surface area contributed by atoms with E-state index < -0.39 is 0 Å².